The van der Waals surface area contributed by atoms with E-state index in [4.69, 9.17) is 9.90 Å². The van der Waals surface area contributed by atoms with Crippen molar-refractivity contribution in [2.75, 3.05) is 13.1 Å². The van der Waals surface area contributed by atoms with Crippen LogP contribution in [0.2, 0.25) is 0 Å². The largest absolute Gasteiger partial charge is 0.481 e. The third-order valence-corrected chi connectivity index (χ3v) is 4.49. The zero-order valence-electron chi connectivity index (χ0n) is 15.3. The van der Waals surface area contributed by atoms with Gasteiger partial charge in [0, 0.05) is 13.0 Å². The van der Waals surface area contributed by atoms with Gasteiger partial charge in [0.05, 0.1) is 0 Å². The predicted octanol–water partition coefficient (Wildman–Crippen LogP) is 5.48. The van der Waals surface area contributed by atoms with Crippen LogP contribution in [0.25, 0.3) is 0 Å². The number of nitrogens with zero attached hydrogens (tertiary/aromatic N) is 1. The normalized spacial score (nSPS) is 18.6. The Hall–Kier alpha value is -0.570. The summed E-state index contributed by atoms with van der Waals surface area (Å²) in [5, 5.41) is 7.42. The summed E-state index contributed by atoms with van der Waals surface area (Å²) >= 11 is 0. The van der Waals surface area contributed by atoms with E-state index in [1.807, 2.05) is 0 Å². The highest BCUT2D eigenvalue weighted by atomic mass is 16.4. The zero-order valence-corrected chi connectivity index (χ0v) is 15.3. The number of hydrogen-bond donors (Lipinski definition) is 1. The van der Waals surface area contributed by atoms with E-state index in [2.05, 4.69) is 18.7 Å². The standard InChI is InChI=1S/C17H35N.C2H4O2/c1-3-4-5-6-7-8-9-10-12-15-18-16-13-11-14-17(18)2;1-2(3)4/h17H,3-16H2,1-2H3;1H3,(H,3,4). The Labute approximate surface area is 138 Å². The lowest BCUT2D eigenvalue weighted by molar-refractivity contribution is -0.134. The van der Waals surface area contributed by atoms with Crippen LogP contribution in [0, 0.1) is 0 Å². The van der Waals surface area contributed by atoms with Crippen molar-refractivity contribution in [3.63, 3.8) is 0 Å². The molecule has 0 aliphatic carbocycles. The lowest BCUT2D eigenvalue weighted by atomic mass is 10.0. The summed E-state index contributed by atoms with van der Waals surface area (Å²) in [6.45, 7) is 8.50. The van der Waals surface area contributed by atoms with Crippen LogP contribution in [0.4, 0.5) is 0 Å². The average molecular weight is 314 g/mol. The van der Waals surface area contributed by atoms with E-state index < -0.39 is 5.97 Å². The van der Waals surface area contributed by atoms with Gasteiger partial charge in [-0.1, -0.05) is 64.7 Å². The highest BCUT2D eigenvalue weighted by Crippen LogP contribution is 2.17. The smallest absolute Gasteiger partial charge is 0.300 e. The third-order valence-electron chi connectivity index (χ3n) is 4.49. The van der Waals surface area contributed by atoms with Crippen molar-refractivity contribution in [3.05, 3.63) is 0 Å². The van der Waals surface area contributed by atoms with E-state index in [0.29, 0.717) is 0 Å². The van der Waals surface area contributed by atoms with E-state index in [1.165, 1.54) is 90.1 Å². The molecular formula is C19H39NO2. The first-order chi connectivity index (χ1) is 10.6. The SMILES string of the molecule is CC(=O)O.CCCCCCCCCCCN1CCCCC1C. The fourth-order valence-corrected chi connectivity index (χ4v) is 3.12. The Morgan fingerprint density at radius 3 is 2.00 bits per heavy atom. The van der Waals surface area contributed by atoms with Gasteiger partial charge < -0.3 is 10.0 Å². The molecule has 0 saturated carbocycles. The van der Waals surface area contributed by atoms with Gasteiger partial charge in [0.2, 0.25) is 0 Å². The Morgan fingerprint density at radius 2 is 1.50 bits per heavy atom. The van der Waals surface area contributed by atoms with Crippen molar-refractivity contribution in [2.45, 2.75) is 104 Å². The minimum Gasteiger partial charge on any atom is -0.481 e. The van der Waals surface area contributed by atoms with Crippen LogP contribution in [0.3, 0.4) is 0 Å². The minimum atomic E-state index is -0.833. The molecule has 1 fully saturated rings. The predicted molar refractivity (Wildman–Crippen MR) is 95.4 cm³/mol. The van der Waals surface area contributed by atoms with Crippen LogP contribution in [-0.4, -0.2) is 35.1 Å². The molecule has 3 nitrogen and oxygen atoms in total. The molecule has 0 spiro atoms. The molecule has 0 aromatic carbocycles. The molecule has 1 aliphatic rings. The Morgan fingerprint density at radius 1 is 1.00 bits per heavy atom. The highest BCUT2D eigenvalue weighted by Gasteiger charge is 2.16. The van der Waals surface area contributed by atoms with Crippen molar-refractivity contribution >= 4 is 5.97 Å². The van der Waals surface area contributed by atoms with Crippen LogP contribution in [-0.2, 0) is 4.79 Å². The molecule has 1 rings (SSSR count). The fourth-order valence-electron chi connectivity index (χ4n) is 3.12. The Bertz CT molecular complexity index is 252. The molecule has 0 bridgehead atoms. The first-order valence-corrected chi connectivity index (χ1v) is 9.51. The zero-order chi connectivity index (χ0) is 16.6. The third kappa shape index (κ3) is 14.4. The van der Waals surface area contributed by atoms with E-state index in [9.17, 15) is 0 Å². The van der Waals surface area contributed by atoms with E-state index in [1.54, 1.807) is 0 Å². The summed E-state index contributed by atoms with van der Waals surface area (Å²) in [4.78, 5) is 11.7. The highest BCUT2D eigenvalue weighted by molar-refractivity contribution is 5.62. The summed E-state index contributed by atoms with van der Waals surface area (Å²) in [6.07, 6.45) is 17.3. The van der Waals surface area contributed by atoms with Crippen molar-refractivity contribution in [2.24, 2.45) is 0 Å². The molecule has 3 heteroatoms. The van der Waals surface area contributed by atoms with Crippen LogP contribution >= 0.6 is 0 Å². The number of unbranched alkanes of at least 4 members (excludes halogenated alkanes) is 8. The fraction of sp³-hybridized carbons (Fsp3) is 0.947. The number of piperidine rings is 1. The molecule has 1 N–H and O–H groups in total. The Kier molecular flexibility index (Phi) is 14.9. The van der Waals surface area contributed by atoms with Gasteiger partial charge in [-0.05, 0) is 39.3 Å². The van der Waals surface area contributed by atoms with E-state index >= 15 is 0 Å². The summed E-state index contributed by atoms with van der Waals surface area (Å²) in [5.74, 6) is -0.833. The maximum absolute atomic E-state index is 9.00. The lowest BCUT2D eigenvalue weighted by Gasteiger charge is -2.33. The van der Waals surface area contributed by atoms with Crippen molar-refractivity contribution in [1.29, 1.82) is 0 Å². The van der Waals surface area contributed by atoms with Gasteiger partial charge in [-0.2, -0.15) is 0 Å². The molecule has 132 valence electrons. The van der Waals surface area contributed by atoms with Crippen LogP contribution in [0.15, 0.2) is 0 Å². The van der Waals surface area contributed by atoms with Crippen LogP contribution in [0.5, 0.6) is 0 Å². The summed E-state index contributed by atoms with van der Waals surface area (Å²) in [5.41, 5.74) is 0. The monoisotopic (exact) mass is 313 g/mol. The maximum atomic E-state index is 9.00. The van der Waals surface area contributed by atoms with E-state index in [0.717, 1.165) is 13.0 Å². The van der Waals surface area contributed by atoms with Crippen LogP contribution < -0.4 is 0 Å². The second-order valence-electron chi connectivity index (χ2n) is 6.73. The lowest BCUT2D eigenvalue weighted by Crippen LogP contribution is -2.37. The summed E-state index contributed by atoms with van der Waals surface area (Å²) in [6, 6.07) is 0.854. The molecular weight excluding hydrogens is 274 g/mol. The Balaban J connectivity index is 0.000000980. The van der Waals surface area contributed by atoms with Gasteiger partial charge in [0.15, 0.2) is 0 Å². The molecule has 22 heavy (non-hydrogen) atoms. The molecule has 0 aromatic rings. The second kappa shape index (κ2) is 15.3. The molecule has 1 atom stereocenters. The second-order valence-corrected chi connectivity index (χ2v) is 6.73. The first kappa shape index (κ1) is 21.4. The van der Waals surface area contributed by atoms with Crippen molar-refractivity contribution < 1.29 is 9.90 Å². The van der Waals surface area contributed by atoms with Gasteiger partial charge >= 0.3 is 0 Å². The molecule has 1 heterocycles. The molecule has 1 aliphatic heterocycles. The molecule has 1 saturated heterocycles. The number of hydrogen-bond acceptors (Lipinski definition) is 2. The number of rotatable bonds is 10. The van der Waals surface area contributed by atoms with Gasteiger partial charge in [0.25, 0.3) is 5.97 Å². The number of carbonyl (C=O) groups is 1. The summed E-state index contributed by atoms with van der Waals surface area (Å²) < 4.78 is 0. The number of carboxylic acids is 1. The number of carboxylic acid groups (broad SMARTS) is 1. The van der Waals surface area contributed by atoms with Crippen molar-refractivity contribution in [3.8, 4) is 0 Å². The van der Waals surface area contributed by atoms with Crippen LogP contribution in [0.1, 0.15) is 97.8 Å². The quantitative estimate of drug-likeness (QED) is 0.543. The minimum absolute atomic E-state index is 0.833. The molecule has 0 amide bonds. The number of likely N-dealkylation sites (tertiary alicyclic amines) is 1. The summed E-state index contributed by atoms with van der Waals surface area (Å²) in [7, 11) is 0. The first-order valence-electron chi connectivity index (χ1n) is 9.51. The molecule has 0 aromatic heterocycles. The van der Waals surface area contributed by atoms with Crippen molar-refractivity contribution in [1.82, 2.24) is 4.90 Å². The molecule has 0 radical (unpaired) electrons. The van der Waals surface area contributed by atoms with Gasteiger partial charge in [-0.15, -0.1) is 0 Å². The molecule has 1 unspecified atom stereocenters. The number of aliphatic carboxylic acids is 1. The van der Waals surface area contributed by atoms with Gasteiger partial charge in [-0.25, -0.2) is 0 Å². The maximum Gasteiger partial charge on any atom is 0.300 e. The van der Waals surface area contributed by atoms with Gasteiger partial charge in [-0.3, -0.25) is 4.79 Å². The average Bonchev–Trinajstić information content (AvgIpc) is 2.47. The van der Waals surface area contributed by atoms with E-state index in [-0.39, 0.29) is 0 Å². The van der Waals surface area contributed by atoms with Gasteiger partial charge in [0.1, 0.15) is 0 Å². The topological polar surface area (TPSA) is 40.5 Å².